The van der Waals surface area contributed by atoms with E-state index < -0.39 is 0 Å². The first-order valence-corrected chi connectivity index (χ1v) is 8.24. The van der Waals surface area contributed by atoms with Gasteiger partial charge >= 0.3 is 0 Å². The van der Waals surface area contributed by atoms with Gasteiger partial charge in [-0.3, -0.25) is 9.58 Å². The number of aromatic nitrogens is 5. The number of likely N-dealkylation sites (tertiary alicyclic amines) is 1. The fourth-order valence-corrected chi connectivity index (χ4v) is 3.17. The molecule has 1 aliphatic heterocycles. The second-order valence-corrected chi connectivity index (χ2v) is 6.26. The fraction of sp³-hybridized carbons (Fsp3) is 0.412. The smallest absolute Gasteiger partial charge is 0.241 e. The van der Waals surface area contributed by atoms with E-state index in [-0.39, 0.29) is 0 Å². The molecule has 3 aromatic rings. The van der Waals surface area contributed by atoms with E-state index >= 15 is 0 Å². The molecule has 124 valence electrons. The third-order valence-corrected chi connectivity index (χ3v) is 4.48. The highest BCUT2D eigenvalue weighted by molar-refractivity contribution is 5.54. The SMILES string of the molecule is Cc1ccc(-c2noc(CN3CCC[C@H]3Cn3cncn3)n2)cc1. The van der Waals surface area contributed by atoms with Crippen LogP contribution in [0.3, 0.4) is 0 Å². The van der Waals surface area contributed by atoms with Crippen molar-refractivity contribution in [1.82, 2.24) is 29.8 Å². The molecule has 1 aromatic carbocycles. The molecule has 1 aliphatic rings. The van der Waals surface area contributed by atoms with Crippen molar-refractivity contribution in [3.05, 3.63) is 48.4 Å². The van der Waals surface area contributed by atoms with Crippen LogP contribution >= 0.6 is 0 Å². The lowest BCUT2D eigenvalue weighted by Crippen LogP contribution is -2.32. The van der Waals surface area contributed by atoms with Crippen LogP contribution in [-0.2, 0) is 13.1 Å². The average molecular weight is 324 g/mol. The summed E-state index contributed by atoms with van der Waals surface area (Å²) in [5.41, 5.74) is 2.20. The Morgan fingerprint density at radius 1 is 1.25 bits per heavy atom. The first-order chi connectivity index (χ1) is 11.8. The van der Waals surface area contributed by atoms with Crippen LogP contribution in [0.15, 0.2) is 41.4 Å². The fourth-order valence-electron chi connectivity index (χ4n) is 3.17. The summed E-state index contributed by atoms with van der Waals surface area (Å²) in [6, 6.07) is 8.59. The zero-order valence-electron chi connectivity index (χ0n) is 13.7. The van der Waals surface area contributed by atoms with E-state index in [4.69, 9.17) is 4.52 Å². The van der Waals surface area contributed by atoms with Gasteiger partial charge in [-0.15, -0.1) is 0 Å². The summed E-state index contributed by atoms with van der Waals surface area (Å²) < 4.78 is 7.34. The molecule has 0 spiro atoms. The Bertz CT molecular complexity index is 780. The van der Waals surface area contributed by atoms with Crippen molar-refractivity contribution in [1.29, 1.82) is 0 Å². The molecule has 0 unspecified atom stereocenters. The highest BCUT2D eigenvalue weighted by Gasteiger charge is 2.26. The quantitative estimate of drug-likeness (QED) is 0.717. The monoisotopic (exact) mass is 324 g/mol. The molecular weight excluding hydrogens is 304 g/mol. The summed E-state index contributed by atoms with van der Waals surface area (Å²) >= 11 is 0. The maximum atomic E-state index is 5.46. The number of hydrogen-bond acceptors (Lipinski definition) is 6. The van der Waals surface area contributed by atoms with Crippen LogP contribution in [0, 0.1) is 6.92 Å². The average Bonchev–Trinajstić information content (AvgIpc) is 3.32. The van der Waals surface area contributed by atoms with Gasteiger partial charge in [0.1, 0.15) is 12.7 Å². The van der Waals surface area contributed by atoms with Gasteiger partial charge < -0.3 is 4.52 Å². The summed E-state index contributed by atoms with van der Waals surface area (Å²) in [6.45, 7) is 4.63. The summed E-state index contributed by atoms with van der Waals surface area (Å²) in [5.74, 6) is 1.31. The molecule has 0 saturated carbocycles. The number of rotatable bonds is 5. The Kier molecular flexibility index (Phi) is 4.08. The van der Waals surface area contributed by atoms with Gasteiger partial charge in [-0.05, 0) is 26.3 Å². The van der Waals surface area contributed by atoms with Gasteiger partial charge in [-0.25, -0.2) is 4.98 Å². The molecule has 1 fully saturated rings. The van der Waals surface area contributed by atoms with Gasteiger partial charge in [-0.1, -0.05) is 35.0 Å². The standard InChI is InChI=1S/C17H20N6O/c1-13-4-6-14(7-5-13)17-20-16(24-21-17)10-22-8-2-3-15(22)9-23-12-18-11-19-23/h4-7,11-12,15H,2-3,8-10H2,1H3/t15-/m0/s1. The van der Waals surface area contributed by atoms with Gasteiger partial charge in [-0.2, -0.15) is 10.1 Å². The minimum atomic E-state index is 0.432. The van der Waals surface area contributed by atoms with Crippen LogP contribution in [0.4, 0.5) is 0 Å². The third kappa shape index (κ3) is 3.21. The van der Waals surface area contributed by atoms with E-state index in [0.29, 0.717) is 24.3 Å². The van der Waals surface area contributed by atoms with Gasteiger partial charge in [0.2, 0.25) is 11.7 Å². The Labute approximate surface area is 140 Å². The van der Waals surface area contributed by atoms with Crippen molar-refractivity contribution < 1.29 is 4.52 Å². The van der Waals surface area contributed by atoms with Crippen LogP contribution in [0.1, 0.15) is 24.3 Å². The van der Waals surface area contributed by atoms with E-state index in [1.54, 1.807) is 12.7 Å². The van der Waals surface area contributed by atoms with Crippen molar-refractivity contribution in [2.75, 3.05) is 6.54 Å². The first kappa shape index (κ1) is 15.0. The molecule has 24 heavy (non-hydrogen) atoms. The number of aryl methyl sites for hydroxylation is 1. The highest BCUT2D eigenvalue weighted by Crippen LogP contribution is 2.22. The normalized spacial score (nSPS) is 18.3. The van der Waals surface area contributed by atoms with Crippen LogP contribution in [0.5, 0.6) is 0 Å². The van der Waals surface area contributed by atoms with Gasteiger partial charge in [0, 0.05) is 11.6 Å². The molecule has 4 rings (SSSR count). The number of benzene rings is 1. The second-order valence-electron chi connectivity index (χ2n) is 6.26. The summed E-state index contributed by atoms with van der Waals surface area (Å²) in [5, 5.41) is 8.32. The maximum absolute atomic E-state index is 5.46. The molecule has 3 heterocycles. The van der Waals surface area contributed by atoms with Gasteiger partial charge in [0.25, 0.3) is 0 Å². The largest absolute Gasteiger partial charge is 0.338 e. The minimum absolute atomic E-state index is 0.432. The van der Waals surface area contributed by atoms with Crippen molar-refractivity contribution in [2.45, 2.75) is 38.9 Å². The van der Waals surface area contributed by atoms with Crippen molar-refractivity contribution >= 4 is 0 Å². The van der Waals surface area contributed by atoms with E-state index in [1.165, 1.54) is 12.0 Å². The second kappa shape index (κ2) is 6.52. The molecular formula is C17H20N6O. The van der Waals surface area contributed by atoms with Crippen molar-refractivity contribution in [3.8, 4) is 11.4 Å². The lowest BCUT2D eigenvalue weighted by Gasteiger charge is -2.22. The van der Waals surface area contributed by atoms with Crippen molar-refractivity contribution in [2.24, 2.45) is 0 Å². The van der Waals surface area contributed by atoms with Gasteiger partial charge in [0.15, 0.2) is 0 Å². The number of hydrogen-bond donors (Lipinski definition) is 0. The van der Waals surface area contributed by atoms with Crippen LogP contribution < -0.4 is 0 Å². The van der Waals surface area contributed by atoms with E-state index in [1.807, 2.05) is 16.8 Å². The highest BCUT2D eigenvalue weighted by atomic mass is 16.5. The lowest BCUT2D eigenvalue weighted by molar-refractivity contribution is 0.192. The Balaban J connectivity index is 1.44. The Hall–Kier alpha value is -2.54. The molecule has 0 N–H and O–H groups in total. The van der Waals surface area contributed by atoms with Crippen LogP contribution in [0.25, 0.3) is 11.4 Å². The minimum Gasteiger partial charge on any atom is -0.338 e. The predicted molar refractivity (Wildman–Crippen MR) is 87.9 cm³/mol. The molecule has 2 aromatic heterocycles. The molecule has 0 amide bonds. The maximum Gasteiger partial charge on any atom is 0.241 e. The first-order valence-electron chi connectivity index (χ1n) is 8.24. The number of nitrogens with zero attached hydrogens (tertiary/aromatic N) is 6. The Morgan fingerprint density at radius 3 is 2.92 bits per heavy atom. The molecule has 0 radical (unpaired) electrons. The zero-order valence-corrected chi connectivity index (χ0v) is 13.7. The van der Waals surface area contributed by atoms with Crippen LogP contribution in [-0.4, -0.2) is 42.4 Å². The van der Waals surface area contributed by atoms with Crippen molar-refractivity contribution in [3.63, 3.8) is 0 Å². The van der Waals surface area contributed by atoms with E-state index in [0.717, 1.165) is 25.1 Å². The molecule has 1 saturated heterocycles. The van der Waals surface area contributed by atoms with Crippen LogP contribution in [0.2, 0.25) is 0 Å². The zero-order chi connectivity index (χ0) is 16.4. The molecule has 0 aliphatic carbocycles. The van der Waals surface area contributed by atoms with Gasteiger partial charge in [0.05, 0.1) is 13.1 Å². The van der Waals surface area contributed by atoms with E-state index in [9.17, 15) is 0 Å². The summed E-state index contributed by atoms with van der Waals surface area (Å²) in [7, 11) is 0. The summed E-state index contributed by atoms with van der Waals surface area (Å²) in [6.07, 6.45) is 5.67. The molecule has 1 atom stereocenters. The molecule has 7 heteroatoms. The molecule has 0 bridgehead atoms. The van der Waals surface area contributed by atoms with E-state index in [2.05, 4.69) is 44.2 Å². The molecule has 7 nitrogen and oxygen atoms in total. The third-order valence-electron chi connectivity index (χ3n) is 4.48. The topological polar surface area (TPSA) is 72.9 Å². The Morgan fingerprint density at radius 2 is 2.12 bits per heavy atom. The summed E-state index contributed by atoms with van der Waals surface area (Å²) in [4.78, 5) is 10.9. The lowest BCUT2D eigenvalue weighted by atomic mass is 10.1. The predicted octanol–water partition coefficient (Wildman–Crippen LogP) is 2.30.